The zero-order chi connectivity index (χ0) is 19.5. The number of hydrogen-bond acceptors (Lipinski definition) is 8. The fraction of sp³-hybridized carbons (Fsp3) is 0.312. The summed E-state index contributed by atoms with van der Waals surface area (Å²) in [5, 5.41) is 9.60. The standard InChI is InChI=1S/C16H17N3O6S/c1-10-8-17-15(18-9-10)14(11(2)26(3,23)24)25-16(20)12-4-6-13(7-5-12)19(21)22/h4-9,11,14H,1-3H3/t11-,14-/m0/s1. The Balaban J connectivity index is 2.32. The number of carbonyl (C=O) groups is 1. The second kappa shape index (κ2) is 7.56. The van der Waals surface area contributed by atoms with Crippen molar-refractivity contribution in [2.45, 2.75) is 25.2 Å². The fourth-order valence-corrected chi connectivity index (χ4v) is 2.66. The molecule has 0 saturated heterocycles. The highest BCUT2D eigenvalue weighted by Crippen LogP contribution is 2.25. The molecule has 0 fully saturated rings. The first kappa shape index (κ1) is 19.4. The van der Waals surface area contributed by atoms with Gasteiger partial charge in [0.2, 0.25) is 0 Å². The molecule has 0 saturated carbocycles. The van der Waals surface area contributed by atoms with Crippen LogP contribution < -0.4 is 0 Å². The molecule has 1 aromatic heterocycles. The molecule has 2 aromatic rings. The van der Waals surface area contributed by atoms with Gasteiger partial charge < -0.3 is 4.74 Å². The SMILES string of the molecule is Cc1cnc([C@@H](OC(=O)c2ccc([N+](=O)[O-])cc2)[C@H](C)S(C)(=O)=O)nc1. The first-order chi connectivity index (χ1) is 12.1. The first-order valence-corrected chi connectivity index (χ1v) is 9.48. The van der Waals surface area contributed by atoms with Crippen molar-refractivity contribution in [2.75, 3.05) is 6.26 Å². The van der Waals surface area contributed by atoms with E-state index < -0.39 is 32.1 Å². The molecule has 0 spiro atoms. The summed E-state index contributed by atoms with van der Waals surface area (Å²) < 4.78 is 29.2. The summed E-state index contributed by atoms with van der Waals surface area (Å²) in [7, 11) is -3.55. The quantitative estimate of drug-likeness (QED) is 0.423. The highest BCUT2D eigenvalue weighted by Gasteiger charge is 2.33. The Hall–Kier alpha value is -2.88. The summed E-state index contributed by atoms with van der Waals surface area (Å²) in [5.74, 6) is -0.770. The molecular formula is C16H17N3O6S. The van der Waals surface area contributed by atoms with Gasteiger partial charge in [-0.25, -0.2) is 23.2 Å². The molecule has 0 aliphatic carbocycles. The normalized spacial score (nSPS) is 13.7. The van der Waals surface area contributed by atoms with Gasteiger partial charge in [-0.05, 0) is 31.5 Å². The lowest BCUT2D eigenvalue weighted by Gasteiger charge is -2.21. The minimum absolute atomic E-state index is 0.0495. The Bertz CT molecular complexity index is 910. The van der Waals surface area contributed by atoms with Crippen LogP contribution in [0.2, 0.25) is 0 Å². The van der Waals surface area contributed by atoms with Crippen LogP contribution in [0.1, 0.15) is 34.8 Å². The monoisotopic (exact) mass is 379 g/mol. The molecule has 138 valence electrons. The van der Waals surface area contributed by atoms with Crippen molar-refractivity contribution in [3.8, 4) is 0 Å². The van der Waals surface area contributed by atoms with E-state index in [-0.39, 0.29) is 17.1 Å². The molecule has 9 nitrogen and oxygen atoms in total. The molecule has 0 N–H and O–H groups in total. The number of aryl methyl sites for hydroxylation is 1. The molecule has 0 bridgehead atoms. The zero-order valence-corrected chi connectivity index (χ0v) is 15.1. The number of hydrogen-bond donors (Lipinski definition) is 0. The van der Waals surface area contributed by atoms with Gasteiger partial charge in [0.1, 0.15) is 5.25 Å². The Labute approximate surface area is 150 Å². The maximum Gasteiger partial charge on any atom is 0.338 e. The van der Waals surface area contributed by atoms with Crippen LogP contribution in [-0.4, -0.2) is 40.8 Å². The van der Waals surface area contributed by atoms with E-state index >= 15 is 0 Å². The number of rotatable bonds is 6. The summed E-state index contributed by atoms with van der Waals surface area (Å²) in [6, 6.07) is 4.79. The van der Waals surface area contributed by atoms with E-state index in [9.17, 15) is 23.3 Å². The number of sulfone groups is 1. The number of esters is 1. The predicted molar refractivity (Wildman–Crippen MR) is 92.3 cm³/mol. The number of nitro benzene ring substituents is 1. The number of nitrogens with zero attached hydrogens (tertiary/aromatic N) is 3. The van der Waals surface area contributed by atoms with Gasteiger partial charge in [0.15, 0.2) is 21.8 Å². The van der Waals surface area contributed by atoms with Crippen molar-refractivity contribution in [1.29, 1.82) is 0 Å². The average Bonchev–Trinajstić information content (AvgIpc) is 2.59. The summed E-state index contributed by atoms with van der Waals surface area (Å²) >= 11 is 0. The minimum Gasteiger partial charge on any atom is -0.449 e. The molecule has 26 heavy (non-hydrogen) atoms. The number of ether oxygens (including phenoxy) is 1. The van der Waals surface area contributed by atoms with Gasteiger partial charge in [0, 0.05) is 30.8 Å². The van der Waals surface area contributed by atoms with Crippen LogP contribution in [0.3, 0.4) is 0 Å². The van der Waals surface area contributed by atoms with Crippen LogP contribution in [-0.2, 0) is 14.6 Å². The number of aromatic nitrogens is 2. The molecule has 0 amide bonds. The molecule has 2 rings (SSSR count). The molecular weight excluding hydrogens is 362 g/mol. The summed E-state index contributed by atoms with van der Waals surface area (Å²) in [5.41, 5.74) is 0.638. The highest BCUT2D eigenvalue weighted by molar-refractivity contribution is 7.91. The van der Waals surface area contributed by atoms with Crippen LogP contribution in [0, 0.1) is 17.0 Å². The molecule has 0 radical (unpaired) electrons. The third kappa shape index (κ3) is 4.60. The Morgan fingerprint density at radius 1 is 1.19 bits per heavy atom. The second-order valence-corrected chi connectivity index (χ2v) is 8.19. The summed E-state index contributed by atoms with van der Waals surface area (Å²) in [6.07, 6.45) is 2.79. The Morgan fingerprint density at radius 2 is 1.73 bits per heavy atom. The second-order valence-electron chi connectivity index (χ2n) is 5.78. The Kier molecular flexibility index (Phi) is 5.66. The zero-order valence-electron chi connectivity index (χ0n) is 14.3. The van der Waals surface area contributed by atoms with Crippen molar-refractivity contribution in [3.05, 3.63) is 63.7 Å². The van der Waals surface area contributed by atoms with Crippen LogP contribution in [0.25, 0.3) is 0 Å². The third-order valence-corrected chi connectivity index (χ3v) is 5.30. The average molecular weight is 379 g/mol. The topological polar surface area (TPSA) is 129 Å². The van der Waals surface area contributed by atoms with Gasteiger partial charge in [-0.2, -0.15) is 0 Å². The van der Waals surface area contributed by atoms with Gasteiger partial charge in [0.25, 0.3) is 5.69 Å². The maximum absolute atomic E-state index is 12.4. The lowest BCUT2D eigenvalue weighted by atomic mass is 10.2. The van der Waals surface area contributed by atoms with Gasteiger partial charge in [-0.1, -0.05) is 0 Å². The molecule has 0 unspecified atom stereocenters. The van der Waals surface area contributed by atoms with E-state index in [2.05, 4.69) is 9.97 Å². The van der Waals surface area contributed by atoms with Gasteiger partial charge in [-0.3, -0.25) is 10.1 Å². The van der Waals surface area contributed by atoms with E-state index in [1.54, 1.807) is 6.92 Å². The van der Waals surface area contributed by atoms with Gasteiger partial charge >= 0.3 is 5.97 Å². The third-order valence-electron chi connectivity index (χ3n) is 3.70. The predicted octanol–water partition coefficient (Wildman–Crippen LogP) is 2.02. The van der Waals surface area contributed by atoms with E-state index in [0.29, 0.717) is 0 Å². The highest BCUT2D eigenvalue weighted by atomic mass is 32.2. The molecule has 2 atom stereocenters. The largest absolute Gasteiger partial charge is 0.449 e. The number of nitro groups is 1. The van der Waals surface area contributed by atoms with Crippen LogP contribution in [0.15, 0.2) is 36.7 Å². The van der Waals surface area contributed by atoms with E-state index in [1.807, 2.05) is 0 Å². The van der Waals surface area contributed by atoms with Crippen LogP contribution in [0.5, 0.6) is 0 Å². The van der Waals surface area contributed by atoms with Crippen molar-refractivity contribution < 1.29 is 22.9 Å². The van der Waals surface area contributed by atoms with Crippen molar-refractivity contribution in [2.24, 2.45) is 0 Å². The van der Waals surface area contributed by atoms with Crippen molar-refractivity contribution in [1.82, 2.24) is 9.97 Å². The summed E-state index contributed by atoms with van der Waals surface area (Å²) in [6.45, 7) is 3.16. The Morgan fingerprint density at radius 3 is 2.19 bits per heavy atom. The lowest BCUT2D eigenvalue weighted by Crippen LogP contribution is -2.30. The first-order valence-electron chi connectivity index (χ1n) is 7.52. The van der Waals surface area contributed by atoms with Gasteiger partial charge in [-0.15, -0.1) is 0 Å². The van der Waals surface area contributed by atoms with Crippen LogP contribution >= 0.6 is 0 Å². The van der Waals surface area contributed by atoms with Crippen molar-refractivity contribution in [3.63, 3.8) is 0 Å². The lowest BCUT2D eigenvalue weighted by molar-refractivity contribution is -0.384. The summed E-state index contributed by atoms with van der Waals surface area (Å²) in [4.78, 5) is 30.6. The molecule has 1 heterocycles. The van der Waals surface area contributed by atoms with Crippen LogP contribution in [0.4, 0.5) is 5.69 Å². The number of non-ortho nitro benzene ring substituents is 1. The number of carbonyl (C=O) groups excluding carboxylic acids is 1. The maximum atomic E-state index is 12.4. The minimum atomic E-state index is -3.55. The molecule has 0 aliphatic rings. The van der Waals surface area contributed by atoms with E-state index in [1.165, 1.54) is 31.5 Å². The molecule has 10 heteroatoms. The molecule has 0 aliphatic heterocycles. The smallest absolute Gasteiger partial charge is 0.338 e. The molecule has 1 aromatic carbocycles. The van der Waals surface area contributed by atoms with Crippen molar-refractivity contribution >= 4 is 21.5 Å². The fourth-order valence-electron chi connectivity index (χ4n) is 2.04. The number of benzene rings is 1. The van der Waals surface area contributed by atoms with E-state index in [0.717, 1.165) is 24.0 Å². The van der Waals surface area contributed by atoms with Gasteiger partial charge in [0.05, 0.1) is 10.5 Å². The van der Waals surface area contributed by atoms with E-state index in [4.69, 9.17) is 4.74 Å².